The highest BCUT2D eigenvalue weighted by atomic mass is 16.5. The quantitative estimate of drug-likeness (QED) is 0.371. The molecule has 16 heavy (non-hydrogen) atoms. The lowest BCUT2D eigenvalue weighted by Gasteiger charge is -2.10. The first kappa shape index (κ1) is 12.5. The van der Waals surface area contributed by atoms with Crippen molar-refractivity contribution in [1.82, 2.24) is 5.43 Å². The number of benzene rings is 1. The number of hydrogen-bond acceptors (Lipinski definition) is 4. The van der Waals surface area contributed by atoms with Crippen LogP contribution in [0.2, 0.25) is 0 Å². The molecule has 1 aromatic rings. The number of rotatable bonds is 5. The van der Waals surface area contributed by atoms with Gasteiger partial charge in [0.1, 0.15) is 5.75 Å². The maximum Gasteiger partial charge on any atom is 0.251 e. The molecule has 1 aromatic carbocycles. The van der Waals surface area contributed by atoms with E-state index in [2.05, 4.69) is 0 Å². The molecule has 5 N–H and O–H groups in total. The van der Waals surface area contributed by atoms with Crippen molar-refractivity contribution in [2.24, 2.45) is 11.6 Å². The summed E-state index contributed by atoms with van der Waals surface area (Å²) in [7, 11) is 0. The molecule has 0 bridgehead atoms. The van der Waals surface area contributed by atoms with E-state index in [1.54, 1.807) is 0 Å². The molecule has 0 radical (unpaired) electrons. The number of nitrogens with two attached hydrogens (primary N) is 2. The molecule has 0 aliphatic carbocycles. The van der Waals surface area contributed by atoms with Gasteiger partial charge in [0.25, 0.3) is 5.91 Å². The van der Waals surface area contributed by atoms with Crippen molar-refractivity contribution in [3.05, 3.63) is 29.8 Å². The fourth-order valence-corrected chi connectivity index (χ4v) is 1.34. The van der Waals surface area contributed by atoms with Gasteiger partial charge < -0.3 is 10.5 Å². The van der Waals surface area contributed by atoms with Crippen LogP contribution < -0.4 is 21.7 Å². The number of amides is 1. The summed E-state index contributed by atoms with van der Waals surface area (Å²) in [4.78, 5) is 11.1. The maximum absolute atomic E-state index is 11.1. The molecule has 88 valence electrons. The third-order valence-electron chi connectivity index (χ3n) is 2.17. The summed E-state index contributed by atoms with van der Waals surface area (Å²) in [5.74, 6) is 5.43. The van der Waals surface area contributed by atoms with Crippen LogP contribution in [-0.4, -0.2) is 18.6 Å². The van der Waals surface area contributed by atoms with Crippen molar-refractivity contribution in [1.29, 1.82) is 0 Å². The van der Waals surface area contributed by atoms with E-state index >= 15 is 0 Å². The molecule has 0 aliphatic rings. The summed E-state index contributed by atoms with van der Waals surface area (Å²) in [6.07, 6.45) is 0.454. The zero-order valence-corrected chi connectivity index (χ0v) is 9.27. The molecular weight excluding hydrogens is 206 g/mol. The highest BCUT2D eigenvalue weighted by molar-refractivity contribution is 5.81. The van der Waals surface area contributed by atoms with Gasteiger partial charge in [-0.1, -0.05) is 12.1 Å². The fourth-order valence-electron chi connectivity index (χ4n) is 1.34. The Balaban J connectivity index is 2.58. The summed E-state index contributed by atoms with van der Waals surface area (Å²) < 4.78 is 5.30. The number of carbonyl (C=O) groups excluding carboxylic acids is 1. The SMILES string of the molecule is CCOc1ccc(CC(N)C(=O)NN)cc1. The maximum atomic E-state index is 11.1. The molecule has 1 unspecified atom stereocenters. The van der Waals surface area contributed by atoms with Crippen LogP contribution in [-0.2, 0) is 11.2 Å². The predicted octanol–water partition coefficient (Wildman–Crippen LogP) is -0.0550. The van der Waals surface area contributed by atoms with Crippen LogP contribution >= 0.6 is 0 Å². The summed E-state index contributed by atoms with van der Waals surface area (Å²) in [5, 5.41) is 0. The highest BCUT2D eigenvalue weighted by Gasteiger charge is 2.12. The van der Waals surface area contributed by atoms with Crippen molar-refractivity contribution in [3.8, 4) is 5.75 Å². The smallest absolute Gasteiger partial charge is 0.251 e. The first-order chi connectivity index (χ1) is 7.67. The Morgan fingerprint density at radius 2 is 2.06 bits per heavy atom. The molecule has 0 saturated carbocycles. The Morgan fingerprint density at radius 1 is 1.44 bits per heavy atom. The van der Waals surface area contributed by atoms with Crippen LogP contribution in [0.5, 0.6) is 5.75 Å². The molecule has 1 amide bonds. The lowest BCUT2D eigenvalue weighted by atomic mass is 10.1. The normalized spacial score (nSPS) is 11.9. The molecular formula is C11H17N3O2. The van der Waals surface area contributed by atoms with Gasteiger partial charge in [-0.3, -0.25) is 10.2 Å². The van der Waals surface area contributed by atoms with Gasteiger partial charge >= 0.3 is 0 Å². The highest BCUT2D eigenvalue weighted by Crippen LogP contribution is 2.12. The van der Waals surface area contributed by atoms with Gasteiger partial charge in [-0.25, -0.2) is 5.84 Å². The summed E-state index contributed by atoms with van der Waals surface area (Å²) in [5.41, 5.74) is 8.63. The van der Waals surface area contributed by atoms with E-state index in [1.165, 1.54) is 0 Å². The largest absolute Gasteiger partial charge is 0.494 e. The fraction of sp³-hybridized carbons (Fsp3) is 0.364. The van der Waals surface area contributed by atoms with Gasteiger partial charge in [0.2, 0.25) is 0 Å². The first-order valence-corrected chi connectivity index (χ1v) is 5.15. The zero-order chi connectivity index (χ0) is 12.0. The van der Waals surface area contributed by atoms with Gasteiger partial charge in [0, 0.05) is 0 Å². The minimum Gasteiger partial charge on any atom is -0.494 e. The van der Waals surface area contributed by atoms with Crippen molar-refractivity contribution in [3.63, 3.8) is 0 Å². The number of hydrogen-bond donors (Lipinski definition) is 3. The second-order valence-electron chi connectivity index (χ2n) is 3.40. The Kier molecular flexibility index (Phi) is 4.75. The Morgan fingerprint density at radius 3 is 2.56 bits per heavy atom. The van der Waals surface area contributed by atoms with Crippen LogP contribution in [0.15, 0.2) is 24.3 Å². The predicted molar refractivity (Wildman–Crippen MR) is 61.6 cm³/mol. The first-order valence-electron chi connectivity index (χ1n) is 5.15. The number of hydrazine groups is 1. The van der Waals surface area contributed by atoms with E-state index in [9.17, 15) is 4.79 Å². The summed E-state index contributed by atoms with van der Waals surface area (Å²) in [6, 6.07) is 6.85. The zero-order valence-electron chi connectivity index (χ0n) is 9.27. The van der Waals surface area contributed by atoms with Gasteiger partial charge in [0.15, 0.2) is 0 Å². The van der Waals surface area contributed by atoms with Crippen LogP contribution in [0, 0.1) is 0 Å². The van der Waals surface area contributed by atoms with E-state index in [0.29, 0.717) is 13.0 Å². The van der Waals surface area contributed by atoms with Crippen LogP contribution in [0.25, 0.3) is 0 Å². The van der Waals surface area contributed by atoms with Crippen molar-refractivity contribution >= 4 is 5.91 Å². The Bertz CT molecular complexity index is 338. The molecule has 1 atom stereocenters. The lowest BCUT2D eigenvalue weighted by Crippen LogP contribution is -2.45. The lowest BCUT2D eigenvalue weighted by molar-refractivity contribution is -0.122. The monoisotopic (exact) mass is 223 g/mol. The molecule has 0 heterocycles. The molecule has 0 saturated heterocycles. The van der Waals surface area contributed by atoms with E-state index in [4.69, 9.17) is 16.3 Å². The van der Waals surface area contributed by atoms with E-state index in [1.807, 2.05) is 36.6 Å². The van der Waals surface area contributed by atoms with E-state index in [-0.39, 0.29) is 5.91 Å². The van der Waals surface area contributed by atoms with Gasteiger partial charge in [-0.2, -0.15) is 0 Å². The minimum absolute atomic E-state index is 0.367. The standard InChI is InChI=1S/C11H17N3O2/c1-2-16-9-5-3-8(4-6-9)7-10(12)11(15)14-13/h3-6,10H,2,7,12-13H2,1H3,(H,14,15). The van der Waals surface area contributed by atoms with E-state index < -0.39 is 6.04 Å². The molecule has 0 fully saturated rings. The van der Waals surface area contributed by atoms with Crippen molar-refractivity contribution in [2.45, 2.75) is 19.4 Å². The molecule has 0 aliphatic heterocycles. The van der Waals surface area contributed by atoms with Crippen LogP contribution in [0.4, 0.5) is 0 Å². The second kappa shape index (κ2) is 6.09. The molecule has 0 spiro atoms. The minimum atomic E-state index is -0.622. The van der Waals surface area contributed by atoms with Crippen LogP contribution in [0.1, 0.15) is 12.5 Å². The number of ether oxygens (including phenoxy) is 1. The average molecular weight is 223 g/mol. The summed E-state index contributed by atoms with van der Waals surface area (Å²) in [6.45, 7) is 2.56. The molecule has 5 heteroatoms. The molecule has 5 nitrogen and oxygen atoms in total. The second-order valence-corrected chi connectivity index (χ2v) is 3.40. The van der Waals surface area contributed by atoms with Gasteiger partial charge in [0.05, 0.1) is 12.6 Å². The average Bonchev–Trinajstić information content (AvgIpc) is 2.31. The molecule has 0 aromatic heterocycles. The topological polar surface area (TPSA) is 90.4 Å². The van der Waals surface area contributed by atoms with Gasteiger partial charge in [-0.05, 0) is 31.0 Å². The Labute approximate surface area is 94.7 Å². The third-order valence-corrected chi connectivity index (χ3v) is 2.17. The van der Waals surface area contributed by atoms with E-state index in [0.717, 1.165) is 11.3 Å². The van der Waals surface area contributed by atoms with Crippen LogP contribution in [0.3, 0.4) is 0 Å². The summed E-state index contributed by atoms with van der Waals surface area (Å²) >= 11 is 0. The number of nitrogens with one attached hydrogen (secondary N) is 1. The number of carbonyl (C=O) groups is 1. The van der Waals surface area contributed by atoms with Gasteiger partial charge in [-0.15, -0.1) is 0 Å². The Hall–Kier alpha value is -1.59. The molecule has 1 rings (SSSR count). The van der Waals surface area contributed by atoms with Crippen molar-refractivity contribution in [2.75, 3.05) is 6.61 Å². The third kappa shape index (κ3) is 3.52. The van der Waals surface area contributed by atoms with Crippen molar-refractivity contribution < 1.29 is 9.53 Å².